The van der Waals surface area contributed by atoms with Gasteiger partial charge >= 0.3 is 0 Å². The molecule has 1 heterocycles. The molecule has 0 unspecified atom stereocenters. The van der Waals surface area contributed by atoms with E-state index in [0.717, 1.165) is 12.0 Å². The Morgan fingerprint density at radius 1 is 1.03 bits per heavy atom. The Morgan fingerprint density at radius 3 is 2.65 bits per heavy atom. The lowest BCUT2D eigenvalue weighted by Gasteiger charge is -2.11. The van der Waals surface area contributed by atoms with E-state index in [1.165, 1.54) is 6.33 Å². The number of ether oxygens (including phenoxy) is 3. The molecule has 8 nitrogen and oxygen atoms in total. The van der Waals surface area contributed by atoms with Gasteiger partial charge in [0.1, 0.15) is 23.8 Å². The molecular weight excluding hydrogens is 420 g/mol. The van der Waals surface area contributed by atoms with Crippen molar-refractivity contribution in [3.8, 4) is 23.1 Å². The third-order valence-electron chi connectivity index (χ3n) is 4.27. The monoisotopic (exact) mass is 442 g/mol. The highest BCUT2D eigenvalue weighted by Gasteiger charge is 2.07. The maximum atomic E-state index is 11.4. The minimum Gasteiger partial charge on any atom is -0.493 e. The maximum absolute atomic E-state index is 11.4. The Kier molecular flexibility index (Phi) is 7.89. The van der Waals surface area contributed by atoms with Gasteiger partial charge in [0.15, 0.2) is 11.5 Å². The molecule has 1 amide bonds. The Morgan fingerprint density at radius 2 is 1.87 bits per heavy atom. The second-order valence-corrected chi connectivity index (χ2v) is 6.69. The number of carbonyl (C=O) groups excluding carboxylic acids is 1. The van der Waals surface area contributed by atoms with Crippen LogP contribution in [0.5, 0.6) is 23.1 Å². The maximum Gasteiger partial charge on any atom is 0.239 e. The highest BCUT2D eigenvalue weighted by Crippen LogP contribution is 2.28. The lowest BCUT2D eigenvalue weighted by molar-refractivity contribution is -0.113. The summed E-state index contributed by atoms with van der Waals surface area (Å²) in [6.07, 6.45) is 2.19. The number of hydrogen-bond donors (Lipinski definition) is 2. The van der Waals surface area contributed by atoms with Crippen molar-refractivity contribution in [2.75, 3.05) is 37.3 Å². The zero-order chi connectivity index (χ0) is 22.1. The number of anilines is 2. The van der Waals surface area contributed by atoms with Crippen molar-refractivity contribution in [1.29, 1.82) is 0 Å². The molecule has 31 heavy (non-hydrogen) atoms. The van der Waals surface area contributed by atoms with Gasteiger partial charge in [-0.2, -0.15) is 0 Å². The number of nitrogens with one attached hydrogen (secondary N) is 2. The van der Waals surface area contributed by atoms with Crippen molar-refractivity contribution in [1.82, 2.24) is 9.97 Å². The van der Waals surface area contributed by atoms with Crippen molar-refractivity contribution in [3.63, 3.8) is 0 Å². The molecule has 9 heteroatoms. The lowest BCUT2D eigenvalue weighted by Crippen LogP contribution is -2.12. The van der Waals surface area contributed by atoms with Crippen LogP contribution in [0.2, 0.25) is 0 Å². The van der Waals surface area contributed by atoms with E-state index < -0.39 is 0 Å². The largest absolute Gasteiger partial charge is 0.493 e. The first-order valence-corrected chi connectivity index (χ1v) is 10.0. The van der Waals surface area contributed by atoms with Gasteiger partial charge in [-0.3, -0.25) is 4.79 Å². The van der Waals surface area contributed by atoms with Crippen LogP contribution in [-0.2, 0) is 11.2 Å². The van der Waals surface area contributed by atoms with Crippen LogP contribution >= 0.6 is 11.6 Å². The SMILES string of the molecule is COc1ccc(CCNc2cc(Oc3cccc(NC(=O)CCl)c3)ncn2)cc1OC. The minimum absolute atomic E-state index is 0.116. The first-order valence-electron chi connectivity index (χ1n) is 9.52. The third-order valence-corrected chi connectivity index (χ3v) is 4.51. The molecule has 0 saturated heterocycles. The summed E-state index contributed by atoms with van der Waals surface area (Å²) in [5.74, 6) is 2.53. The summed E-state index contributed by atoms with van der Waals surface area (Å²) in [5.41, 5.74) is 1.69. The molecule has 0 aliphatic heterocycles. The van der Waals surface area contributed by atoms with Crippen LogP contribution in [0.25, 0.3) is 0 Å². The van der Waals surface area contributed by atoms with Gasteiger partial charge < -0.3 is 24.8 Å². The van der Waals surface area contributed by atoms with E-state index in [2.05, 4.69) is 20.6 Å². The van der Waals surface area contributed by atoms with Gasteiger partial charge in [0.05, 0.1) is 14.2 Å². The highest BCUT2D eigenvalue weighted by atomic mass is 35.5. The predicted molar refractivity (Wildman–Crippen MR) is 120 cm³/mol. The number of hydrogen-bond acceptors (Lipinski definition) is 7. The van der Waals surface area contributed by atoms with Crippen molar-refractivity contribution >= 4 is 29.0 Å². The molecule has 0 aliphatic rings. The Hall–Kier alpha value is -3.52. The number of methoxy groups -OCH3 is 2. The number of halogens is 1. The number of aromatic nitrogens is 2. The molecule has 0 aliphatic carbocycles. The van der Waals surface area contributed by atoms with Gasteiger partial charge in [-0.15, -0.1) is 11.6 Å². The smallest absolute Gasteiger partial charge is 0.239 e. The molecule has 0 spiro atoms. The van der Waals surface area contributed by atoms with Crippen molar-refractivity contribution in [2.24, 2.45) is 0 Å². The number of alkyl halides is 1. The molecule has 162 valence electrons. The van der Waals surface area contributed by atoms with Crippen molar-refractivity contribution in [3.05, 3.63) is 60.4 Å². The highest BCUT2D eigenvalue weighted by molar-refractivity contribution is 6.29. The van der Waals surface area contributed by atoms with E-state index in [1.807, 2.05) is 18.2 Å². The number of carbonyl (C=O) groups is 1. The molecule has 3 aromatic rings. The molecule has 2 N–H and O–H groups in total. The molecular formula is C22H23ClN4O4. The first kappa shape index (κ1) is 22.2. The van der Waals surface area contributed by atoms with Crippen LogP contribution in [-0.4, -0.2) is 42.5 Å². The van der Waals surface area contributed by atoms with E-state index in [9.17, 15) is 4.79 Å². The fourth-order valence-corrected chi connectivity index (χ4v) is 2.88. The number of nitrogens with zero attached hydrogens (tertiary/aromatic N) is 2. The third kappa shape index (κ3) is 6.48. The topological polar surface area (TPSA) is 94.6 Å². The molecule has 0 atom stereocenters. The summed E-state index contributed by atoms with van der Waals surface area (Å²) in [5, 5.41) is 5.93. The van der Waals surface area contributed by atoms with Crippen LogP contribution in [0, 0.1) is 0 Å². The zero-order valence-corrected chi connectivity index (χ0v) is 18.0. The Bertz CT molecular complexity index is 1030. The molecule has 3 rings (SSSR count). The minimum atomic E-state index is -0.290. The summed E-state index contributed by atoms with van der Waals surface area (Å²) in [7, 11) is 3.23. The summed E-state index contributed by atoms with van der Waals surface area (Å²) in [4.78, 5) is 19.8. The van der Waals surface area contributed by atoms with Crippen LogP contribution in [0.15, 0.2) is 54.9 Å². The van der Waals surface area contributed by atoms with Crippen LogP contribution in [0.1, 0.15) is 5.56 Å². The molecule has 1 aromatic heterocycles. The second kappa shape index (κ2) is 11.0. The van der Waals surface area contributed by atoms with Crippen LogP contribution < -0.4 is 24.8 Å². The quantitative estimate of drug-likeness (QED) is 0.456. The number of benzene rings is 2. The van der Waals surface area contributed by atoms with Gasteiger partial charge in [-0.25, -0.2) is 9.97 Å². The molecule has 0 bridgehead atoms. The summed E-state index contributed by atoms with van der Waals surface area (Å²) < 4.78 is 16.4. The fourth-order valence-electron chi connectivity index (χ4n) is 2.82. The van der Waals surface area contributed by atoms with Crippen molar-refractivity contribution in [2.45, 2.75) is 6.42 Å². The lowest BCUT2D eigenvalue weighted by atomic mass is 10.1. The molecule has 0 radical (unpaired) electrons. The van der Waals surface area contributed by atoms with E-state index in [1.54, 1.807) is 44.6 Å². The van der Waals surface area contributed by atoms with E-state index in [-0.39, 0.29) is 11.8 Å². The first-order chi connectivity index (χ1) is 15.1. The second-order valence-electron chi connectivity index (χ2n) is 6.42. The van der Waals surface area contributed by atoms with E-state index >= 15 is 0 Å². The fraction of sp³-hybridized carbons (Fsp3) is 0.227. The average Bonchev–Trinajstić information content (AvgIpc) is 2.79. The van der Waals surface area contributed by atoms with Crippen LogP contribution in [0.4, 0.5) is 11.5 Å². The molecule has 2 aromatic carbocycles. The summed E-state index contributed by atoms with van der Waals surface area (Å²) in [6, 6.07) is 14.5. The van der Waals surface area contributed by atoms with Gasteiger partial charge in [0.25, 0.3) is 0 Å². The number of rotatable bonds is 10. The predicted octanol–water partition coefficient (Wildman–Crippen LogP) is 4.12. The zero-order valence-electron chi connectivity index (χ0n) is 17.2. The summed E-state index contributed by atoms with van der Waals surface area (Å²) >= 11 is 5.52. The Balaban J connectivity index is 1.58. The standard InChI is InChI=1S/C22H23ClN4O4/c1-29-18-7-6-15(10-19(18)30-2)8-9-24-20-12-22(26-14-25-20)31-17-5-3-4-16(11-17)27-21(28)13-23/h3-7,10-12,14H,8-9,13H2,1-2H3,(H,27,28)(H,24,25,26). The molecule has 0 fully saturated rings. The van der Waals surface area contributed by atoms with Crippen molar-refractivity contribution < 1.29 is 19.0 Å². The molecule has 0 saturated carbocycles. The van der Waals surface area contributed by atoms with Gasteiger partial charge in [0, 0.05) is 24.4 Å². The van der Waals surface area contributed by atoms with Gasteiger partial charge in [0.2, 0.25) is 11.8 Å². The number of amides is 1. The van der Waals surface area contributed by atoms with Gasteiger partial charge in [-0.05, 0) is 36.2 Å². The summed E-state index contributed by atoms with van der Waals surface area (Å²) in [6.45, 7) is 0.659. The van der Waals surface area contributed by atoms with E-state index in [0.29, 0.717) is 41.2 Å². The van der Waals surface area contributed by atoms with Gasteiger partial charge in [-0.1, -0.05) is 12.1 Å². The normalized spacial score (nSPS) is 10.3. The average molecular weight is 443 g/mol. The Labute approximate surface area is 185 Å². The van der Waals surface area contributed by atoms with Crippen LogP contribution in [0.3, 0.4) is 0 Å². The van der Waals surface area contributed by atoms with E-state index in [4.69, 9.17) is 25.8 Å².